The number of nitrogens with zero attached hydrogens (tertiary/aromatic N) is 3. The molecule has 1 aromatic rings. The van der Waals surface area contributed by atoms with Gasteiger partial charge in [-0.25, -0.2) is 9.97 Å². The van der Waals surface area contributed by atoms with Crippen LogP contribution in [-0.4, -0.2) is 40.4 Å². The van der Waals surface area contributed by atoms with E-state index in [2.05, 4.69) is 22.2 Å². The fourth-order valence-electron chi connectivity index (χ4n) is 1.64. The molecule has 0 saturated carbocycles. The predicted molar refractivity (Wildman–Crippen MR) is 72.4 cm³/mol. The third kappa shape index (κ3) is 3.98. The molecule has 1 amide bonds. The lowest BCUT2D eigenvalue weighted by Gasteiger charge is -2.20. The molecule has 0 bridgehead atoms. The number of anilines is 1. The van der Waals surface area contributed by atoms with Gasteiger partial charge in [0.15, 0.2) is 0 Å². The van der Waals surface area contributed by atoms with E-state index in [9.17, 15) is 4.79 Å². The molecule has 1 N–H and O–H groups in total. The van der Waals surface area contributed by atoms with Crippen LogP contribution in [0.15, 0.2) is 12.4 Å². The van der Waals surface area contributed by atoms with Crippen LogP contribution in [0.5, 0.6) is 0 Å². The first-order valence-corrected chi connectivity index (χ1v) is 6.40. The Hall–Kier alpha value is -1.65. The standard InChI is InChI=1S/C13H22N4O/c1-5-7-11-8-12(15-9-14-11)16-10(3)13(18)17(4)6-2/h8-10H,5-7H2,1-4H3,(H,14,15,16). The Morgan fingerprint density at radius 2 is 2.17 bits per heavy atom. The van der Waals surface area contributed by atoms with Crippen molar-refractivity contribution in [1.82, 2.24) is 14.9 Å². The van der Waals surface area contributed by atoms with Crippen LogP contribution in [-0.2, 0) is 11.2 Å². The van der Waals surface area contributed by atoms with Crippen LogP contribution in [0, 0.1) is 0 Å². The van der Waals surface area contributed by atoms with Crippen LogP contribution in [0.1, 0.15) is 32.9 Å². The molecule has 0 radical (unpaired) electrons. The number of rotatable bonds is 6. The Kier molecular flexibility index (Phi) is 5.55. The SMILES string of the molecule is CCCc1cc(NC(C)C(=O)N(C)CC)ncn1. The second-order valence-electron chi connectivity index (χ2n) is 4.36. The Labute approximate surface area is 109 Å². The summed E-state index contributed by atoms with van der Waals surface area (Å²) in [6, 6.07) is 1.62. The largest absolute Gasteiger partial charge is 0.359 e. The molecular weight excluding hydrogens is 228 g/mol. The van der Waals surface area contributed by atoms with E-state index < -0.39 is 0 Å². The van der Waals surface area contributed by atoms with Crippen molar-refractivity contribution >= 4 is 11.7 Å². The molecule has 100 valence electrons. The quantitative estimate of drug-likeness (QED) is 0.835. The number of hydrogen-bond donors (Lipinski definition) is 1. The van der Waals surface area contributed by atoms with Crippen molar-refractivity contribution in [2.75, 3.05) is 18.9 Å². The number of hydrogen-bond acceptors (Lipinski definition) is 4. The lowest BCUT2D eigenvalue weighted by Crippen LogP contribution is -2.39. The van der Waals surface area contributed by atoms with Gasteiger partial charge in [0.05, 0.1) is 0 Å². The highest BCUT2D eigenvalue weighted by molar-refractivity contribution is 5.83. The number of carbonyl (C=O) groups is 1. The molecule has 0 saturated heterocycles. The summed E-state index contributed by atoms with van der Waals surface area (Å²) in [4.78, 5) is 21.9. The van der Waals surface area contributed by atoms with Gasteiger partial charge in [0.25, 0.3) is 0 Å². The zero-order valence-corrected chi connectivity index (χ0v) is 11.6. The zero-order valence-electron chi connectivity index (χ0n) is 11.6. The van der Waals surface area contributed by atoms with Crippen molar-refractivity contribution in [1.29, 1.82) is 0 Å². The molecule has 1 heterocycles. The Balaban J connectivity index is 2.66. The van der Waals surface area contributed by atoms with Gasteiger partial charge in [-0.2, -0.15) is 0 Å². The van der Waals surface area contributed by atoms with E-state index in [1.807, 2.05) is 19.9 Å². The molecular formula is C13H22N4O. The second kappa shape index (κ2) is 6.93. The first-order valence-electron chi connectivity index (χ1n) is 6.40. The number of nitrogens with one attached hydrogen (secondary N) is 1. The summed E-state index contributed by atoms with van der Waals surface area (Å²) in [5, 5.41) is 3.11. The summed E-state index contributed by atoms with van der Waals surface area (Å²) >= 11 is 0. The Morgan fingerprint density at radius 3 is 2.78 bits per heavy atom. The second-order valence-corrected chi connectivity index (χ2v) is 4.36. The van der Waals surface area contributed by atoms with Crippen LogP contribution in [0.2, 0.25) is 0 Å². The predicted octanol–water partition coefficient (Wildman–Crippen LogP) is 1.71. The minimum Gasteiger partial charge on any atom is -0.359 e. The lowest BCUT2D eigenvalue weighted by atomic mass is 10.2. The van der Waals surface area contributed by atoms with Gasteiger partial charge in [0.1, 0.15) is 18.2 Å². The van der Waals surface area contributed by atoms with Gasteiger partial charge in [-0.05, 0) is 20.3 Å². The molecule has 0 aliphatic rings. The van der Waals surface area contributed by atoms with E-state index in [1.165, 1.54) is 6.33 Å². The first kappa shape index (κ1) is 14.4. The van der Waals surface area contributed by atoms with Crippen molar-refractivity contribution < 1.29 is 4.79 Å². The molecule has 5 nitrogen and oxygen atoms in total. The molecule has 18 heavy (non-hydrogen) atoms. The Morgan fingerprint density at radius 1 is 1.44 bits per heavy atom. The van der Waals surface area contributed by atoms with Crippen LogP contribution in [0.25, 0.3) is 0 Å². The topological polar surface area (TPSA) is 58.1 Å². The maximum absolute atomic E-state index is 11.9. The molecule has 1 unspecified atom stereocenters. The molecule has 0 aliphatic heterocycles. The first-order chi connectivity index (χ1) is 8.58. The summed E-state index contributed by atoms with van der Waals surface area (Å²) < 4.78 is 0. The van der Waals surface area contributed by atoms with E-state index in [-0.39, 0.29) is 11.9 Å². The molecule has 1 rings (SSSR count). The minimum atomic E-state index is -0.278. The number of carbonyl (C=O) groups excluding carboxylic acids is 1. The van der Waals surface area contributed by atoms with Crippen molar-refractivity contribution in [3.8, 4) is 0 Å². The summed E-state index contributed by atoms with van der Waals surface area (Å²) in [6.45, 7) is 6.61. The monoisotopic (exact) mass is 250 g/mol. The normalized spacial score (nSPS) is 12.0. The van der Waals surface area contributed by atoms with E-state index in [0.717, 1.165) is 18.5 Å². The molecule has 0 aliphatic carbocycles. The van der Waals surface area contributed by atoms with Gasteiger partial charge in [0.2, 0.25) is 5.91 Å². The van der Waals surface area contributed by atoms with Gasteiger partial charge in [0, 0.05) is 25.4 Å². The molecule has 1 aromatic heterocycles. The van der Waals surface area contributed by atoms with Crippen LogP contribution >= 0.6 is 0 Å². The molecule has 0 fully saturated rings. The zero-order chi connectivity index (χ0) is 13.5. The van der Waals surface area contributed by atoms with Gasteiger partial charge >= 0.3 is 0 Å². The van der Waals surface area contributed by atoms with E-state index in [4.69, 9.17) is 0 Å². The van der Waals surface area contributed by atoms with Gasteiger partial charge in [-0.3, -0.25) is 4.79 Å². The highest BCUT2D eigenvalue weighted by Crippen LogP contribution is 2.08. The van der Waals surface area contributed by atoms with Crippen LogP contribution < -0.4 is 5.32 Å². The average Bonchev–Trinajstić information content (AvgIpc) is 2.37. The summed E-state index contributed by atoms with van der Waals surface area (Å²) in [5.41, 5.74) is 0.999. The van der Waals surface area contributed by atoms with Crippen molar-refractivity contribution in [2.24, 2.45) is 0 Å². The third-order valence-corrected chi connectivity index (χ3v) is 2.82. The van der Waals surface area contributed by atoms with Gasteiger partial charge in [-0.1, -0.05) is 13.3 Å². The number of amides is 1. The van der Waals surface area contributed by atoms with Crippen molar-refractivity contribution in [3.63, 3.8) is 0 Å². The van der Waals surface area contributed by atoms with Crippen LogP contribution in [0.4, 0.5) is 5.82 Å². The molecule has 0 aromatic carbocycles. The maximum atomic E-state index is 11.9. The molecule has 5 heteroatoms. The van der Waals surface area contributed by atoms with E-state index >= 15 is 0 Å². The number of aryl methyl sites for hydroxylation is 1. The van der Waals surface area contributed by atoms with E-state index in [1.54, 1.807) is 11.9 Å². The fourth-order valence-corrected chi connectivity index (χ4v) is 1.64. The molecule has 0 spiro atoms. The molecule has 1 atom stereocenters. The van der Waals surface area contributed by atoms with Crippen molar-refractivity contribution in [3.05, 3.63) is 18.1 Å². The summed E-state index contributed by atoms with van der Waals surface area (Å²) in [5.74, 6) is 0.770. The van der Waals surface area contributed by atoms with Crippen molar-refractivity contribution in [2.45, 2.75) is 39.7 Å². The Bertz CT molecular complexity index is 394. The maximum Gasteiger partial charge on any atom is 0.244 e. The highest BCUT2D eigenvalue weighted by atomic mass is 16.2. The minimum absolute atomic E-state index is 0.0631. The third-order valence-electron chi connectivity index (χ3n) is 2.82. The summed E-state index contributed by atoms with van der Waals surface area (Å²) in [6.07, 6.45) is 3.51. The van der Waals surface area contributed by atoms with Gasteiger partial charge in [-0.15, -0.1) is 0 Å². The fraction of sp³-hybridized carbons (Fsp3) is 0.615. The van der Waals surface area contributed by atoms with Gasteiger partial charge < -0.3 is 10.2 Å². The smallest absolute Gasteiger partial charge is 0.244 e. The average molecular weight is 250 g/mol. The summed E-state index contributed by atoms with van der Waals surface area (Å²) in [7, 11) is 1.79. The number of aromatic nitrogens is 2. The number of likely N-dealkylation sites (N-methyl/N-ethyl adjacent to an activating group) is 1. The van der Waals surface area contributed by atoms with Crippen LogP contribution in [0.3, 0.4) is 0 Å². The highest BCUT2D eigenvalue weighted by Gasteiger charge is 2.16. The van der Waals surface area contributed by atoms with E-state index in [0.29, 0.717) is 12.4 Å². The lowest BCUT2D eigenvalue weighted by molar-refractivity contribution is -0.130.